The Bertz CT molecular complexity index is 1280. The van der Waals surface area contributed by atoms with Gasteiger partial charge in [0.2, 0.25) is 5.91 Å². The number of carbonyl (C=O) groups is 1. The van der Waals surface area contributed by atoms with Gasteiger partial charge in [-0.3, -0.25) is 9.78 Å². The molecule has 9 heteroatoms. The summed E-state index contributed by atoms with van der Waals surface area (Å²) in [5, 5.41) is 7.58. The lowest BCUT2D eigenvalue weighted by Crippen LogP contribution is -2.28. The number of pyridine rings is 1. The van der Waals surface area contributed by atoms with Gasteiger partial charge in [-0.1, -0.05) is 17.7 Å². The zero-order chi connectivity index (χ0) is 20.5. The molecule has 0 fully saturated rings. The van der Waals surface area contributed by atoms with Crippen LogP contribution < -0.4 is 11.0 Å². The third-order valence-corrected chi connectivity index (χ3v) is 4.87. The SMILES string of the molecule is Cc1ccc(NC(=O)Cn2nc3cc(-c4ccncc4)nc(C)n3c2=O)cc1Cl. The Morgan fingerprint density at radius 1 is 1.14 bits per heavy atom. The fraction of sp³-hybridized carbons (Fsp3) is 0.150. The van der Waals surface area contributed by atoms with Crippen LogP contribution in [-0.4, -0.2) is 30.1 Å². The lowest BCUT2D eigenvalue weighted by Gasteiger charge is -2.06. The number of carbonyl (C=O) groups excluding carboxylic acids is 1. The monoisotopic (exact) mass is 408 g/mol. The summed E-state index contributed by atoms with van der Waals surface area (Å²) in [6.07, 6.45) is 3.34. The zero-order valence-electron chi connectivity index (χ0n) is 15.8. The molecule has 0 radical (unpaired) electrons. The van der Waals surface area contributed by atoms with Crippen LogP contribution in [-0.2, 0) is 11.3 Å². The summed E-state index contributed by atoms with van der Waals surface area (Å²) < 4.78 is 2.49. The summed E-state index contributed by atoms with van der Waals surface area (Å²) in [5.74, 6) is 0.103. The molecule has 0 aliphatic rings. The van der Waals surface area contributed by atoms with Gasteiger partial charge in [0.25, 0.3) is 0 Å². The van der Waals surface area contributed by atoms with E-state index in [-0.39, 0.29) is 12.5 Å². The predicted octanol–water partition coefficient (Wildman–Crippen LogP) is 2.86. The molecule has 0 unspecified atom stereocenters. The summed E-state index contributed by atoms with van der Waals surface area (Å²) in [5.41, 5.74) is 2.99. The first kappa shape index (κ1) is 18.8. The van der Waals surface area contributed by atoms with Crippen LogP contribution in [0.4, 0.5) is 5.69 Å². The van der Waals surface area contributed by atoms with E-state index in [0.717, 1.165) is 15.8 Å². The molecule has 146 valence electrons. The van der Waals surface area contributed by atoms with E-state index < -0.39 is 5.69 Å². The van der Waals surface area contributed by atoms with Gasteiger partial charge in [-0.2, -0.15) is 0 Å². The van der Waals surface area contributed by atoms with Gasteiger partial charge in [0.05, 0.1) is 5.69 Å². The van der Waals surface area contributed by atoms with Gasteiger partial charge < -0.3 is 5.32 Å². The summed E-state index contributed by atoms with van der Waals surface area (Å²) in [4.78, 5) is 33.6. The van der Waals surface area contributed by atoms with Crippen LogP contribution in [0.2, 0.25) is 5.02 Å². The number of anilines is 1. The van der Waals surface area contributed by atoms with Crippen molar-refractivity contribution < 1.29 is 4.79 Å². The Morgan fingerprint density at radius 3 is 2.62 bits per heavy atom. The molecule has 1 aromatic carbocycles. The molecule has 4 aromatic rings. The van der Waals surface area contributed by atoms with Crippen molar-refractivity contribution >= 4 is 28.8 Å². The van der Waals surface area contributed by atoms with Crippen LogP contribution >= 0.6 is 11.6 Å². The van der Waals surface area contributed by atoms with Crippen LogP contribution in [0.3, 0.4) is 0 Å². The summed E-state index contributed by atoms with van der Waals surface area (Å²) in [7, 11) is 0. The molecule has 1 N–H and O–H groups in total. The fourth-order valence-corrected chi connectivity index (χ4v) is 3.16. The number of fused-ring (bicyclic) bond motifs is 1. The lowest BCUT2D eigenvalue weighted by molar-refractivity contribution is -0.117. The zero-order valence-corrected chi connectivity index (χ0v) is 16.5. The second kappa shape index (κ2) is 7.48. The molecule has 0 atom stereocenters. The fourth-order valence-electron chi connectivity index (χ4n) is 2.98. The average molecular weight is 409 g/mol. The Morgan fingerprint density at radius 2 is 1.90 bits per heavy atom. The second-order valence-electron chi connectivity index (χ2n) is 6.57. The normalized spacial score (nSPS) is 11.0. The Kier molecular flexibility index (Phi) is 4.85. The van der Waals surface area contributed by atoms with Gasteiger partial charge in [0.15, 0.2) is 5.65 Å². The van der Waals surface area contributed by atoms with Crippen molar-refractivity contribution in [1.82, 2.24) is 24.1 Å². The van der Waals surface area contributed by atoms with Gasteiger partial charge in [-0.15, -0.1) is 5.10 Å². The van der Waals surface area contributed by atoms with E-state index in [1.165, 1.54) is 4.40 Å². The largest absolute Gasteiger partial charge is 0.352 e. The maximum atomic E-state index is 12.7. The quantitative estimate of drug-likeness (QED) is 0.560. The molecule has 0 saturated heterocycles. The van der Waals surface area contributed by atoms with Crippen molar-refractivity contribution in [3.63, 3.8) is 0 Å². The second-order valence-corrected chi connectivity index (χ2v) is 6.98. The number of halogens is 1. The number of hydrogen-bond acceptors (Lipinski definition) is 5. The highest BCUT2D eigenvalue weighted by Crippen LogP contribution is 2.20. The predicted molar refractivity (Wildman–Crippen MR) is 110 cm³/mol. The maximum absolute atomic E-state index is 12.7. The topological polar surface area (TPSA) is 94.2 Å². The number of rotatable bonds is 4. The molecule has 1 amide bonds. The van der Waals surface area contributed by atoms with E-state index in [1.807, 2.05) is 25.1 Å². The van der Waals surface area contributed by atoms with Crippen molar-refractivity contribution in [2.24, 2.45) is 0 Å². The molecule has 0 saturated carbocycles. The number of amides is 1. The van der Waals surface area contributed by atoms with E-state index in [1.54, 1.807) is 37.5 Å². The molecule has 3 aromatic heterocycles. The number of hydrogen-bond donors (Lipinski definition) is 1. The Hall–Kier alpha value is -3.52. The molecule has 0 spiro atoms. The van der Waals surface area contributed by atoms with Crippen LogP contribution in [0.25, 0.3) is 16.9 Å². The van der Waals surface area contributed by atoms with Gasteiger partial charge >= 0.3 is 5.69 Å². The summed E-state index contributed by atoms with van der Waals surface area (Å²) >= 11 is 6.09. The van der Waals surface area contributed by atoms with Crippen molar-refractivity contribution in [3.8, 4) is 11.3 Å². The minimum atomic E-state index is -0.427. The molecule has 3 heterocycles. The number of nitrogens with zero attached hydrogens (tertiary/aromatic N) is 5. The lowest BCUT2D eigenvalue weighted by atomic mass is 10.2. The van der Waals surface area contributed by atoms with Gasteiger partial charge in [0, 0.05) is 34.7 Å². The van der Waals surface area contributed by atoms with Crippen LogP contribution in [0, 0.1) is 13.8 Å². The first-order chi connectivity index (χ1) is 13.9. The minimum absolute atomic E-state index is 0.226. The van der Waals surface area contributed by atoms with E-state index in [9.17, 15) is 9.59 Å². The molecule has 0 bridgehead atoms. The number of benzene rings is 1. The van der Waals surface area contributed by atoms with E-state index in [0.29, 0.717) is 27.9 Å². The number of nitrogens with one attached hydrogen (secondary N) is 1. The van der Waals surface area contributed by atoms with Crippen LogP contribution in [0.5, 0.6) is 0 Å². The van der Waals surface area contributed by atoms with E-state index >= 15 is 0 Å². The van der Waals surface area contributed by atoms with Crippen molar-refractivity contribution in [3.05, 3.63) is 75.7 Å². The molecular formula is C20H17ClN6O2. The van der Waals surface area contributed by atoms with E-state index in [4.69, 9.17) is 11.6 Å². The van der Waals surface area contributed by atoms with Crippen molar-refractivity contribution in [2.75, 3.05) is 5.32 Å². The molecule has 0 aliphatic heterocycles. The molecule has 0 aliphatic carbocycles. The van der Waals surface area contributed by atoms with E-state index in [2.05, 4.69) is 20.4 Å². The summed E-state index contributed by atoms with van der Waals surface area (Å²) in [6, 6.07) is 10.6. The molecule has 8 nitrogen and oxygen atoms in total. The Balaban J connectivity index is 1.63. The molecule has 29 heavy (non-hydrogen) atoms. The Labute approximate surface area is 170 Å². The third kappa shape index (κ3) is 3.74. The maximum Gasteiger partial charge on any atom is 0.352 e. The van der Waals surface area contributed by atoms with Gasteiger partial charge in [0.1, 0.15) is 12.4 Å². The first-order valence-corrected chi connectivity index (χ1v) is 9.24. The standard InChI is InChI=1S/C20H17ClN6O2/c1-12-3-4-15(9-16(12)21)24-19(28)11-26-20(29)27-13(2)23-17(10-18(27)25-26)14-5-7-22-8-6-14/h3-10H,11H2,1-2H3,(H,24,28). The first-order valence-electron chi connectivity index (χ1n) is 8.86. The smallest absolute Gasteiger partial charge is 0.324 e. The number of aromatic nitrogens is 5. The van der Waals surface area contributed by atoms with Crippen LogP contribution in [0.1, 0.15) is 11.4 Å². The highest BCUT2D eigenvalue weighted by molar-refractivity contribution is 6.31. The highest BCUT2D eigenvalue weighted by atomic mass is 35.5. The molecular weight excluding hydrogens is 392 g/mol. The van der Waals surface area contributed by atoms with Crippen molar-refractivity contribution in [1.29, 1.82) is 0 Å². The van der Waals surface area contributed by atoms with Gasteiger partial charge in [-0.05, 0) is 43.7 Å². The third-order valence-electron chi connectivity index (χ3n) is 4.46. The molecule has 4 rings (SSSR count). The highest BCUT2D eigenvalue weighted by Gasteiger charge is 2.15. The number of aryl methyl sites for hydroxylation is 2. The minimum Gasteiger partial charge on any atom is -0.324 e. The van der Waals surface area contributed by atoms with Crippen LogP contribution in [0.15, 0.2) is 53.6 Å². The summed E-state index contributed by atoms with van der Waals surface area (Å²) in [6.45, 7) is 3.37. The average Bonchev–Trinajstić information content (AvgIpc) is 3.01. The van der Waals surface area contributed by atoms with Crippen molar-refractivity contribution in [2.45, 2.75) is 20.4 Å². The van der Waals surface area contributed by atoms with Gasteiger partial charge in [-0.25, -0.2) is 18.9 Å².